The van der Waals surface area contributed by atoms with Gasteiger partial charge in [-0.05, 0) is 26.0 Å². The number of pyridine rings is 1. The third-order valence-corrected chi connectivity index (χ3v) is 2.32. The Bertz CT molecular complexity index is 545. The van der Waals surface area contributed by atoms with Gasteiger partial charge in [-0.25, -0.2) is 9.78 Å². The van der Waals surface area contributed by atoms with Gasteiger partial charge < -0.3 is 10.5 Å². The SMILES string of the molecule is CCOC(=O)c1c(C)nc2cccc(N)n12. The summed E-state index contributed by atoms with van der Waals surface area (Å²) in [4.78, 5) is 16.0. The van der Waals surface area contributed by atoms with Gasteiger partial charge >= 0.3 is 5.97 Å². The van der Waals surface area contributed by atoms with Crippen LogP contribution in [0.15, 0.2) is 18.2 Å². The number of aryl methyl sites for hydroxylation is 1. The van der Waals surface area contributed by atoms with Crippen LogP contribution in [0.3, 0.4) is 0 Å². The lowest BCUT2D eigenvalue weighted by molar-refractivity contribution is 0.0517. The van der Waals surface area contributed by atoms with Gasteiger partial charge in [-0.1, -0.05) is 6.07 Å². The summed E-state index contributed by atoms with van der Waals surface area (Å²) >= 11 is 0. The van der Waals surface area contributed by atoms with Crippen LogP contribution in [0.4, 0.5) is 5.82 Å². The van der Waals surface area contributed by atoms with Crippen LogP contribution in [0.2, 0.25) is 0 Å². The molecule has 0 aliphatic heterocycles. The molecule has 2 N–H and O–H groups in total. The molecule has 0 spiro atoms. The maximum atomic E-state index is 11.8. The van der Waals surface area contributed by atoms with Crippen LogP contribution in [0.25, 0.3) is 5.65 Å². The van der Waals surface area contributed by atoms with E-state index in [2.05, 4.69) is 4.98 Å². The highest BCUT2D eigenvalue weighted by Gasteiger charge is 2.18. The van der Waals surface area contributed by atoms with Crippen molar-refractivity contribution < 1.29 is 9.53 Å². The Labute approximate surface area is 92.8 Å². The molecule has 0 saturated carbocycles. The van der Waals surface area contributed by atoms with Gasteiger partial charge in [-0.2, -0.15) is 0 Å². The minimum atomic E-state index is -0.398. The predicted octanol–water partition coefficient (Wildman–Crippen LogP) is 1.40. The average Bonchev–Trinajstić information content (AvgIpc) is 2.56. The van der Waals surface area contributed by atoms with Crippen molar-refractivity contribution >= 4 is 17.4 Å². The molecule has 5 heteroatoms. The highest BCUT2D eigenvalue weighted by Crippen LogP contribution is 2.17. The Morgan fingerprint density at radius 3 is 3.00 bits per heavy atom. The summed E-state index contributed by atoms with van der Waals surface area (Å²) in [7, 11) is 0. The molecule has 2 heterocycles. The number of carbonyl (C=O) groups is 1. The van der Waals surface area contributed by atoms with Gasteiger partial charge in [0, 0.05) is 0 Å². The normalized spacial score (nSPS) is 10.6. The molecule has 16 heavy (non-hydrogen) atoms. The number of anilines is 1. The summed E-state index contributed by atoms with van der Waals surface area (Å²) in [6.07, 6.45) is 0. The molecule has 0 radical (unpaired) electrons. The highest BCUT2D eigenvalue weighted by atomic mass is 16.5. The third-order valence-electron chi connectivity index (χ3n) is 2.32. The summed E-state index contributed by atoms with van der Waals surface area (Å²) in [5.74, 6) is 0.0755. The first-order chi connectivity index (χ1) is 7.65. The van der Waals surface area contributed by atoms with Crippen molar-refractivity contribution in [3.05, 3.63) is 29.6 Å². The lowest BCUT2D eigenvalue weighted by Crippen LogP contribution is -2.11. The molecular formula is C11H13N3O2. The van der Waals surface area contributed by atoms with Crippen molar-refractivity contribution in [3.63, 3.8) is 0 Å². The molecule has 0 fully saturated rings. The molecule has 84 valence electrons. The number of nitrogen functional groups attached to an aromatic ring is 1. The van der Waals surface area contributed by atoms with E-state index in [1.807, 2.05) is 0 Å². The third kappa shape index (κ3) is 1.50. The number of aromatic nitrogens is 2. The average molecular weight is 219 g/mol. The van der Waals surface area contributed by atoms with E-state index >= 15 is 0 Å². The number of nitrogens with zero attached hydrogens (tertiary/aromatic N) is 2. The van der Waals surface area contributed by atoms with Gasteiger partial charge in [0.15, 0.2) is 5.69 Å². The molecule has 2 aromatic heterocycles. The fourth-order valence-electron chi connectivity index (χ4n) is 1.67. The molecule has 2 rings (SSSR count). The van der Waals surface area contributed by atoms with Gasteiger partial charge in [0.2, 0.25) is 0 Å². The molecule has 0 unspecified atom stereocenters. The molecule has 0 aliphatic rings. The summed E-state index contributed by atoms with van der Waals surface area (Å²) in [6, 6.07) is 5.31. The lowest BCUT2D eigenvalue weighted by Gasteiger charge is -2.04. The molecule has 0 atom stereocenters. The van der Waals surface area contributed by atoms with E-state index in [1.165, 1.54) is 0 Å². The maximum absolute atomic E-state index is 11.8. The number of hydrogen-bond acceptors (Lipinski definition) is 4. The Kier molecular flexibility index (Phi) is 2.52. The Morgan fingerprint density at radius 1 is 1.56 bits per heavy atom. The van der Waals surface area contributed by atoms with Crippen LogP contribution in [-0.2, 0) is 4.74 Å². The number of hydrogen-bond donors (Lipinski definition) is 1. The van der Waals surface area contributed by atoms with E-state index in [-0.39, 0.29) is 0 Å². The highest BCUT2D eigenvalue weighted by molar-refractivity contribution is 5.90. The standard InChI is InChI=1S/C11H13N3O2/c1-3-16-11(15)10-7(2)13-9-6-4-5-8(12)14(9)10/h4-6H,3,12H2,1-2H3. The fraction of sp³-hybridized carbons (Fsp3) is 0.273. The van der Waals surface area contributed by atoms with Crippen molar-refractivity contribution in [2.75, 3.05) is 12.3 Å². The van der Waals surface area contributed by atoms with Gasteiger partial charge in [0.1, 0.15) is 11.5 Å². The van der Waals surface area contributed by atoms with E-state index in [0.717, 1.165) is 0 Å². The number of rotatable bonds is 2. The minimum Gasteiger partial charge on any atom is -0.461 e. The van der Waals surface area contributed by atoms with Crippen LogP contribution in [-0.4, -0.2) is 22.0 Å². The number of nitrogens with two attached hydrogens (primary N) is 1. The van der Waals surface area contributed by atoms with E-state index in [1.54, 1.807) is 36.4 Å². The van der Waals surface area contributed by atoms with Gasteiger partial charge in [0.25, 0.3) is 0 Å². The van der Waals surface area contributed by atoms with Crippen molar-refractivity contribution in [1.29, 1.82) is 0 Å². The molecular weight excluding hydrogens is 206 g/mol. The summed E-state index contributed by atoms with van der Waals surface area (Å²) in [5, 5.41) is 0. The molecule has 0 bridgehead atoms. The zero-order valence-corrected chi connectivity index (χ0v) is 9.23. The monoisotopic (exact) mass is 219 g/mol. The van der Waals surface area contributed by atoms with E-state index < -0.39 is 5.97 Å². The van der Waals surface area contributed by atoms with Gasteiger partial charge in [-0.3, -0.25) is 4.40 Å². The molecule has 0 aromatic carbocycles. The Morgan fingerprint density at radius 2 is 2.31 bits per heavy atom. The summed E-state index contributed by atoms with van der Waals surface area (Å²) in [6.45, 7) is 3.86. The molecule has 0 amide bonds. The zero-order valence-electron chi connectivity index (χ0n) is 9.23. The van der Waals surface area contributed by atoms with Crippen molar-refractivity contribution in [3.8, 4) is 0 Å². The smallest absolute Gasteiger partial charge is 0.357 e. The first kappa shape index (κ1) is 10.5. The second-order valence-corrected chi connectivity index (χ2v) is 3.41. The Hall–Kier alpha value is -2.04. The Balaban J connectivity index is 2.68. The van der Waals surface area contributed by atoms with E-state index in [0.29, 0.717) is 29.5 Å². The summed E-state index contributed by atoms with van der Waals surface area (Å²) < 4.78 is 6.58. The van der Waals surface area contributed by atoms with Crippen molar-refractivity contribution in [2.45, 2.75) is 13.8 Å². The number of ether oxygens (including phenoxy) is 1. The maximum Gasteiger partial charge on any atom is 0.357 e. The molecule has 2 aromatic rings. The number of esters is 1. The second-order valence-electron chi connectivity index (χ2n) is 3.41. The largest absolute Gasteiger partial charge is 0.461 e. The van der Waals surface area contributed by atoms with Gasteiger partial charge in [-0.15, -0.1) is 0 Å². The molecule has 5 nitrogen and oxygen atoms in total. The fourth-order valence-corrected chi connectivity index (χ4v) is 1.67. The van der Waals surface area contributed by atoms with Crippen LogP contribution >= 0.6 is 0 Å². The van der Waals surface area contributed by atoms with Gasteiger partial charge in [0.05, 0.1) is 12.3 Å². The predicted molar refractivity (Wildman–Crippen MR) is 60.3 cm³/mol. The van der Waals surface area contributed by atoms with Crippen molar-refractivity contribution in [2.24, 2.45) is 0 Å². The number of carbonyl (C=O) groups excluding carboxylic acids is 1. The zero-order chi connectivity index (χ0) is 11.7. The van der Waals surface area contributed by atoms with E-state index in [4.69, 9.17) is 10.5 Å². The first-order valence-corrected chi connectivity index (χ1v) is 5.05. The molecule has 0 saturated heterocycles. The van der Waals surface area contributed by atoms with Crippen molar-refractivity contribution in [1.82, 2.24) is 9.38 Å². The van der Waals surface area contributed by atoms with E-state index in [9.17, 15) is 4.79 Å². The van der Waals surface area contributed by atoms with Crippen LogP contribution in [0.1, 0.15) is 23.1 Å². The van der Waals surface area contributed by atoms with Crippen LogP contribution in [0, 0.1) is 6.92 Å². The minimum absolute atomic E-state index is 0.332. The number of fused-ring (bicyclic) bond motifs is 1. The second kappa shape index (κ2) is 3.84. The van der Waals surface area contributed by atoms with Crippen LogP contribution < -0.4 is 5.73 Å². The topological polar surface area (TPSA) is 69.6 Å². The lowest BCUT2D eigenvalue weighted by atomic mass is 10.3. The number of imidazole rings is 1. The first-order valence-electron chi connectivity index (χ1n) is 5.05. The quantitative estimate of drug-likeness (QED) is 0.775. The van der Waals surface area contributed by atoms with Crippen LogP contribution in [0.5, 0.6) is 0 Å². The molecule has 0 aliphatic carbocycles. The summed E-state index contributed by atoms with van der Waals surface area (Å²) in [5.41, 5.74) is 7.49.